The van der Waals surface area contributed by atoms with Gasteiger partial charge in [-0.2, -0.15) is 26.3 Å². The molecule has 2 amide bonds. The van der Waals surface area contributed by atoms with Gasteiger partial charge in [-0.3, -0.25) is 9.59 Å². The van der Waals surface area contributed by atoms with Gasteiger partial charge < -0.3 is 15.8 Å². The Morgan fingerprint density at radius 3 is 2.03 bits per heavy atom. The van der Waals surface area contributed by atoms with Crippen LogP contribution in [0.3, 0.4) is 0 Å². The van der Waals surface area contributed by atoms with Gasteiger partial charge in [0.05, 0.1) is 24.7 Å². The van der Waals surface area contributed by atoms with Crippen molar-refractivity contribution >= 4 is 11.8 Å². The summed E-state index contributed by atoms with van der Waals surface area (Å²) >= 11 is 0. The molecule has 11 heteroatoms. The van der Waals surface area contributed by atoms with Crippen molar-refractivity contribution in [2.75, 3.05) is 7.11 Å². The fraction of sp³-hybridized carbons (Fsp3) is 0.300. The van der Waals surface area contributed by atoms with Crippen molar-refractivity contribution in [3.8, 4) is 5.75 Å². The number of primary amides is 1. The third-order valence-corrected chi connectivity index (χ3v) is 4.26. The van der Waals surface area contributed by atoms with Crippen LogP contribution in [0.5, 0.6) is 5.75 Å². The number of alkyl halides is 6. The topological polar surface area (TPSA) is 81.4 Å². The maximum absolute atomic E-state index is 13.0. The number of benzene rings is 2. The molecule has 0 fully saturated rings. The summed E-state index contributed by atoms with van der Waals surface area (Å²) in [7, 11) is 1.43. The van der Waals surface area contributed by atoms with E-state index in [-0.39, 0.29) is 12.5 Å². The first kappa shape index (κ1) is 24.0. The Morgan fingerprint density at radius 2 is 1.55 bits per heavy atom. The smallest absolute Gasteiger partial charge is 0.416 e. The lowest BCUT2D eigenvalue weighted by molar-refractivity contribution is -0.143. The molecule has 0 aliphatic heterocycles. The van der Waals surface area contributed by atoms with Gasteiger partial charge in [0.1, 0.15) is 11.8 Å². The molecule has 0 saturated carbocycles. The normalized spacial score (nSPS) is 12.9. The second-order valence-electron chi connectivity index (χ2n) is 6.67. The van der Waals surface area contributed by atoms with Crippen molar-refractivity contribution < 1.29 is 40.7 Å². The number of amides is 2. The van der Waals surface area contributed by atoms with Crippen LogP contribution < -0.4 is 15.8 Å². The van der Waals surface area contributed by atoms with E-state index in [4.69, 9.17) is 10.5 Å². The second-order valence-corrected chi connectivity index (χ2v) is 6.67. The molecule has 0 aromatic heterocycles. The number of hydrogen-bond acceptors (Lipinski definition) is 3. The van der Waals surface area contributed by atoms with Crippen molar-refractivity contribution in [2.45, 2.75) is 31.2 Å². The van der Waals surface area contributed by atoms with Crippen molar-refractivity contribution in [2.24, 2.45) is 5.73 Å². The molecule has 168 valence electrons. The van der Waals surface area contributed by atoms with Crippen molar-refractivity contribution in [1.29, 1.82) is 0 Å². The number of halogens is 6. The molecule has 0 unspecified atom stereocenters. The van der Waals surface area contributed by atoms with Crippen molar-refractivity contribution in [3.05, 3.63) is 64.7 Å². The molecular weight excluding hydrogens is 430 g/mol. The van der Waals surface area contributed by atoms with Crippen LogP contribution in [0.25, 0.3) is 0 Å². The lowest BCUT2D eigenvalue weighted by Crippen LogP contribution is -2.46. The molecular formula is C20H18F6N2O3. The van der Waals surface area contributed by atoms with Crippen molar-refractivity contribution in [3.63, 3.8) is 0 Å². The summed E-state index contributed by atoms with van der Waals surface area (Å²) in [5.41, 5.74) is 2.27. The van der Waals surface area contributed by atoms with E-state index in [0.717, 1.165) is 0 Å². The van der Waals surface area contributed by atoms with Gasteiger partial charge in [-0.25, -0.2) is 0 Å². The third kappa shape index (κ3) is 6.90. The fourth-order valence-corrected chi connectivity index (χ4v) is 2.81. The predicted molar refractivity (Wildman–Crippen MR) is 98.0 cm³/mol. The number of carbonyl (C=O) groups is 2. The number of rotatable bonds is 7. The van der Waals surface area contributed by atoms with E-state index in [0.29, 0.717) is 23.4 Å². The molecule has 31 heavy (non-hydrogen) atoms. The van der Waals surface area contributed by atoms with Gasteiger partial charge in [-0.15, -0.1) is 0 Å². The molecule has 5 nitrogen and oxygen atoms in total. The number of hydrogen-bond donors (Lipinski definition) is 2. The highest BCUT2D eigenvalue weighted by Crippen LogP contribution is 2.36. The minimum Gasteiger partial charge on any atom is -0.497 e. The maximum Gasteiger partial charge on any atom is 0.416 e. The van der Waals surface area contributed by atoms with E-state index in [1.807, 2.05) is 0 Å². The monoisotopic (exact) mass is 448 g/mol. The molecule has 0 heterocycles. The zero-order valence-corrected chi connectivity index (χ0v) is 16.1. The van der Waals surface area contributed by atoms with Crippen LogP contribution in [0.4, 0.5) is 26.3 Å². The Morgan fingerprint density at radius 1 is 0.968 bits per heavy atom. The molecule has 0 radical (unpaired) electrons. The van der Waals surface area contributed by atoms with E-state index >= 15 is 0 Å². The minimum absolute atomic E-state index is 0.0313. The number of nitrogens with two attached hydrogens (primary N) is 1. The van der Waals surface area contributed by atoms with Crippen LogP contribution >= 0.6 is 0 Å². The van der Waals surface area contributed by atoms with Crippen LogP contribution in [0.15, 0.2) is 42.5 Å². The van der Waals surface area contributed by atoms with Crippen LogP contribution in [0.1, 0.15) is 22.3 Å². The summed E-state index contributed by atoms with van der Waals surface area (Å²) in [6.45, 7) is 0. The van der Waals surface area contributed by atoms with Gasteiger partial charge in [0.25, 0.3) is 0 Å². The average molecular weight is 448 g/mol. The van der Waals surface area contributed by atoms with Crippen LogP contribution in [0.2, 0.25) is 0 Å². The number of ether oxygens (including phenoxy) is 1. The second kappa shape index (κ2) is 9.27. The molecule has 0 spiro atoms. The third-order valence-electron chi connectivity index (χ3n) is 4.26. The lowest BCUT2D eigenvalue weighted by atomic mass is 10.0. The van der Waals surface area contributed by atoms with Crippen LogP contribution in [0, 0.1) is 0 Å². The SMILES string of the molecule is COc1cccc(C[C@@H](NC(=O)Cc2cc(C(F)(F)F)cc(C(F)(F)F)c2)C(N)=O)c1. The largest absolute Gasteiger partial charge is 0.497 e. The van der Waals surface area contributed by atoms with Gasteiger partial charge in [-0.1, -0.05) is 12.1 Å². The van der Waals surface area contributed by atoms with Gasteiger partial charge in [0, 0.05) is 6.42 Å². The molecule has 1 atom stereocenters. The number of methoxy groups -OCH3 is 1. The van der Waals surface area contributed by atoms with Crippen LogP contribution in [-0.4, -0.2) is 25.0 Å². The Hall–Kier alpha value is -3.24. The van der Waals surface area contributed by atoms with E-state index in [9.17, 15) is 35.9 Å². The average Bonchev–Trinajstić information content (AvgIpc) is 2.66. The summed E-state index contributed by atoms with van der Waals surface area (Å²) in [5.74, 6) is -1.40. The Kier molecular flexibility index (Phi) is 7.19. The van der Waals surface area contributed by atoms with Gasteiger partial charge in [0.2, 0.25) is 11.8 Å². The Labute approximate surface area is 173 Å². The summed E-state index contributed by atoms with van der Waals surface area (Å²) in [6.07, 6.45) is -10.9. The molecule has 2 aromatic rings. The molecule has 0 aliphatic rings. The van der Waals surface area contributed by atoms with Crippen molar-refractivity contribution in [1.82, 2.24) is 5.32 Å². The first-order valence-electron chi connectivity index (χ1n) is 8.79. The lowest BCUT2D eigenvalue weighted by Gasteiger charge is -2.17. The van der Waals surface area contributed by atoms with Gasteiger partial charge in [-0.05, 0) is 41.5 Å². The standard InChI is InChI=1S/C20H18F6N2O3/c1-31-15-4-2-3-11(7-15)8-16(18(27)30)28-17(29)9-12-5-13(19(21,22)23)10-14(6-12)20(24,25)26/h2-7,10,16H,8-9H2,1H3,(H2,27,30)(H,28,29)/t16-/m1/s1. The first-order chi connectivity index (χ1) is 14.3. The zero-order valence-electron chi connectivity index (χ0n) is 16.1. The quantitative estimate of drug-likeness (QED) is 0.637. The summed E-state index contributed by atoms with van der Waals surface area (Å²) in [5, 5.41) is 2.25. The molecule has 2 aromatic carbocycles. The first-order valence-corrected chi connectivity index (χ1v) is 8.79. The highest BCUT2D eigenvalue weighted by atomic mass is 19.4. The minimum atomic E-state index is -5.03. The maximum atomic E-state index is 13.0. The summed E-state index contributed by atoms with van der Waals surface area (Å²) in [4.78, 5) is 24.0. The molecule has 0 bridgehead atoms. The fourth-order valence-electron chi connectivity index (χ4n) is 2.81. The molecule has 2 rings (SSSR count). The van der Waals surface area contributed by atoms with Gasteiger partial charge in [0.15, 0.2) is 0 Å². The number of carbonyl (C=O) groups excluding carboxylic acids is 2. The predicted octanol–water partition coefficient (Wildman–Crippen LogP) is 3.49. The van der Waals surface area contributed by atoms with Crippen LogP contribution in [-0.2, 0) is 34.8 Å². The summed E-state index contributed by atoms with van der Waals surface area (Å²) < 4.78 is 82.8. The van der Waals surface area contributed by atoms with E-state index < -0.39 is 53.3 Å². The molecule has 3 N–H and O–H groups in total. The zero-order chi connectivity index (χ0) is 23.4. The van der Waals surface area contributed by atoms with Gasteiger partial charge >= 0.3 is 12.4 Å². The van der Waals surface area contributed by atoms with E-state index in [1.54, 1.807) is 24.3 Å². The molecule has 0 saturated heterocycles. The highest BCUT2D eigenvalue weighted by molar-refractivity contribution is 5.87. The Bertz CT molecular complexity index is 924. The number of nitrogens with one attached hydrogen (secondary N) is 1. The van der Waals surface area contributed by atoms with E-state index in [2.05, 4.69) is 5.32 Å². The van der Waals surface area contributed by atoms with E-state index in [1.165, 1.54) is 7.11 Å². The molecule has 0 aliphatic carbocycles. The highest BCUT2D eigenvalue weighted by Gasteiger charge is 2.37. The Balaban J connectivity index is 2.21. The summed E-state index contributed by atoms with van der Waals surface area (Å²) in [6, 6.07) is 6.15.